The average molecular weight is 293 g/mol. The highest BCUT2D eigenvalue weighted by molar-refractivity contribution is 7.92. The minimum Gasteiger partial charge on any atom is -0.508 e. The van der Waals surface area contributed by atoms with Crippen molar-refractivity contribution >= 4 is 21.7 Å². The Balaban J connectivity index is 2.35. The maximum absolute atomic E-state index is 12.1. The van der Waals surface area contributed by atoms with Gasteiger partial charge in [-0.15, -0.1) is 0 Å². The summed E-state index contributed by atoms with van der Waals surface area (Å²) < 4.78 is 26.5. The van der Waals surface area contributed by atoms with E-state index >= 15 is 0 Å². The summed E-state index contributed by atoms with van der Waals surface area (Å²) in [6.45, 7) is 0. The summed E-state index contributed by atoms with van der Waals surface area (Å²) in [6, 6.07) is 10.6. The van der Waals surface area contributed by atoms with Crippen LogP contribution < -0.4 is 4.72 Å². The zero-order valence-electron chi connectivity index (χ0n) is 10.1. The Morgan fingerprint density at radius 1 is 1.05 bits per heavy atom. The van der Waals surface area contributed by atoms with Gasteiger partial charge in [0.1, 0.15) is 5.75 Å². The molecule has 0 aliphatic carbocycles. The van der Waals surface area contributed by atoms with Crippen molar-refractivity contribution in [3.8, 4) is 5.75 Å². The fourth-order valence-electron chi connectivity index (χ4n) is 1.58. The van der Waals surface area contributed by atoms with Crippen molar-refractivity contribution < 1.29 is 23.4 Å². The van der Waals surface area contributed by atoms with Crippen LogP contribution in [0, 0.1) is 0 Å². The lowest BCUT2D eigenvalue weighted by atomic mass is 10.2. The zero-order chi connectivity index (χ0) is 14.8. The van der Waals surface area contributed by atoms with E-state index in [1.807, 2.05) is 0 Å². The highest BCUT2D eigenvalue weighted by Crippen LogP contribution is 2.20. The number of hydrogen-bond acceptors (Lipinski definition) is 4. The molecule has 0 unspecified atom stereocenters. The van der Waals surface area contributed by atoms with Crippen molar-refractivity contribution in [1.29, 1.82) is 0 Å². The molecule has 2 aromatic carbocycles. The Morgan fingerprint density at radius 3 is 2.40 bits per heavy atom. The third-order valence-corrected chi connectivity index (χ3v) is 3.87. The van der Waals surface area contributed by atoms with Crippen molar-refractivity contribution in [1.82, 2.24) is 0 Å². The monoisotopic (exact) mass is 293 g/mol. The lowest BCUT2D eigenvalue weighted by molar-refractivity contribution is 0.0696. The summed E-state index contributed by atoms with van der Waals surface area (Å²) in [5, 5.41) is 18.1. The van der Waals surface area contributed by atoms with Gasteiger partial charge in [-0.3, -0.25) is 4.72 Å². The molecule has 0 radical (unpaired) electrons. The van der Waals surface area contributed by atoms with Crippen molar-refractivity contribution in [3.05, 3.63) is 54.1 Å². The second-order valence-electron chi connectivity index (χ2n) is 3.99. The van der Waals surface area contributed by atoms with E-state index in [1.54, 1.807) is 0 Å². The van der Waals surface area contributed by atoms with Crippen LogP contribution in [0.2, 0.25) is 0 Å². The molecule has 0 saturated carbocycles. The summed E-state index contributed by atoms with van der Waals surface area (Å²) in [5.74, 6) is -1.29. The van der Waals surface area contributed by atoms with Crippen LogP contribution in [0.25, 0.3) is 0 Å². The predicted octanol–water partition coefficient (Wildman–Crippen LogP) is 1.89. The van der Waals surface area contributed by atoms with E-state index in [0.717, 1.165) is 6.07 Å². The van der Waals surface area contributed by atoms with E-state index in [2.05, 4.69) is 4.72 Å². The van der Waals surface area contributed by atoms with Gasteiger partial charge in [-0.25, -0.2) is 13.2 Å². The highest BCUT2D eigenvalue weighted by atomic mass is 32.2. The van der Waals surface area contributed by atoms with Crippen molar-refractivity contribution in [2.75, 3.05) is 4.72 Å². The number of nitrogens with one attached hydrogen (secondary N) is 1. The SMILES string of the molecule is O=C(O)c1cccc(S(=O)(=O)Nc2cccc(O)c2)c1. The van der Waals surface area contributed by atoms with Gasteiger partial charge in [0.15, 0.2) is 0 Å². The van der Waals surface area contributed by atoms with E-state index in [9.17, 15) is 18.3 Å². The Kier molecular flexibility index (Phi) is 3.62. The molecule has 0 atom stereocenters. The molecule has 2 rings (SSSR count). The van der Waals surface area contributed by atoms with Crippen molar-refractivity contribution in [2.24, 2.45) is 0 Å². The Bertz CT molecular complexity index is 755. The molecule has 0 aromatic heterocycles. The van der Waals surface area contributed by atoms with Crippen LogP contribution in [-0.4, -0.2) is 24.6 Å². The molecule has 0 bridgehead atoms. The number of hydrogen-bond donors (Lipinski definition) is 3. The number of benzene rings is 2. The van der Waals surface area contributed by atoms with Crippen LogP contribution >= 0.6 is 0 Å². The normalized spacial score (nSPS) is 11.0. The standard InChI is InChI=1S/C13H11NO5S/c15-11-5-2-4-10(8-11)14-20(18,19)12-6-1-3-9(7-12)13(16)17/h1-8,14-15H,(H,16,17). The first-order chi connectivity index (χ1) is 9.38. The van der Waals surface area contributed by atoms with Gasteiger partial charge in [0.2, 0.25) is 0 Å². The minimum absolute atomic E-state index is 0.0792. The molecule has 3 N–H and O–H groups in total. The number of carbonyl (C=O) groups is 1. The summed E-state index contributed by atoms with van der Waals surface area (Å²) in [4.78, 5) is 10.7. The van der Waals surface area contributed by atoms with E-state index in [4.69, 9.17) is 5.11 Å². The van der Waals surface area contributed by atoms with Crippen molar-refractivity contribution in [3.63, 3.8) is 0 Å². The van der Waals surface area contributed by atoms with Gasteiger partial charge < -0.3 is 10.2 Å². The summed E-state index contributed by atoms with van der Waals surface area (Å²) in [5.41, 5.74) is 0.0644. The lowest BCUT2D eigenvalue weighted by Gasteiger charge is -2.08. The first-order valence-corrected chi connectivity index (χ1v) is 7.02. The third kappa shape index (κ3) is 3.07. The maximum atomic E-state index is 12.1. The van der Waals surface area contributed by atoms with E-state index < -0.39 is 16.0 Å². The van der Waals surface area contributed by atoms with Crippen LogP contribution in [0.4, 0.5) is 5.69 Å². The molecule has 0 aliphatic heterocycles. The topological polar surface area (TPSA) is 104 Å². The number of rotatable bonds is 4. The molecule has 20 heavy (non-hydrogen) atoms. The minimum atomic E-state index is -3.91. The molecule has 0 aliphatic rings. The quantitative estimate of drug-likeness (QED) is 0.798. The maximum Gasteiger partial charge on any atom is 0.335 e. The molecule has 104 valence electrons. The first-order valence-electron chi connectivity index (χ1n) is 5.54. The zero-order valence-corrected chi connectivity index (χ0v) is 11.0. The van der Waals surface area contributed by atoms with Gasteiger partial charge in [-0.2, -0.15) is 0 Å². The number of phenols is 1. The smallest absolute Gasteiger partial charge is 0.335 e. The van der Waals surface area contributed by atoms with Gasteiger partial charge in [0.05, 0.1) is 16.1 Å². The van der Waals surface area contributed by atoms with Crippen LogP contribution in [0.5, 0.6) is 5.75 Å². The molecule has 0 saturated heterocycles. The molecule has 0 fully saturated rings. The molecule has 0 spiro atoms. The average Bonchev–Trinajstić information content (AvgIpc) is 2.38. The number of phenolic OH excluding ortho intramolecular Hbond substituents is 1. The van der Waals surface area contributed by atoms with E-state index in [-0.39, 0.29) is 21.9 Å². The third-order valence-electron chi connectivity index (χ3n) is 2.49. The largest absolute Gasteiger partial charge is 0.508 e. The molecule has 0 heterocycles. The van der Waals surface area contributed by atoms with Crippen LogP contribution in [0.15, 0.2) is 53.4 Å². The number of sulfonamides is 1. The van der Waals surface area contributed by atoms with Gasteiger partial charge >= 0.3 is 5.97 Å². The van der Waals surface area contributed by atoms with E-state index in [1.165, 1.54) is 42.5 Å². The molecule has 0 amide bonds. The van der Waals surface area contributed by atoms with Crippen molar-refractivity contribution in [2.45, 2.75) is 4.90 Å². The molecular weight excluding hydrogens is 282 g/mol. The lowest BCUT2D eigenvalue weighted by Crippen LogP contribution is -2.13. The number of aromatic carboxylic acids is 1. The first kappa shape index (κ1) is 13.9. The van der Waals surface area contributed by atoms with Crippen LogP contribution in [-0.2, 0) is 10.0 Å². The number of carboxylic acid groups (broad SMARTS) is 1. The second kappa shape index (κ2) is 5.22. The van der Waals surface area contributed by atoms with Gasteiger partial charge in [0.25, 0.3) is 10.0 Å². The predicted molar refractivity (Wildman–Crippen MR) is 72.3 cm³/mol. The Hall–Kier alpha value is -2.54. The summed E-state index contributed by atoms with van der Waals surface area (Å²) in [6.07, 6.45) is 0. The fraction of sp³-hybridized carbons (Fsp3) is 0. The summed E-state index contributed by atoms with van der Waals surface area (Å²) in [7, 11) is -3.91. The fourth-order valence-corrected chi connectivity index (χ4v) is 2.67. The Morgan fingerprint density at radius 2 is 1.75 bits per heavy atom. The molecule has 6 nitrogen and oxygen atoms in total. The van der Waals surface area contributed by atoms with Gasteiger partial charge in [-0.05, 0) is 30.3 Å². The molecule has 2 aromatic rings. The van der Waals surface area contributed by atoms with Gasteiger partial charge in [-0.1, -0.05) is 12.1 Å². The van der Waals surface area contributed by atoms with Crippen LogP contribution in [0.1, 0.15) is 10.4 Å². The van der Waals surface area contributed by atoms with E-state index in [0.29, 0.717) is 0 Å². The number of carboxylic acids is 1. The second-order valence-corrected chi connectivity index (χ2v) is 5.67. The number of anilines is 1. The van der Waals surface area contributed by atoms with Crippen LogP contribution in [0.3, 0.4) is 0 Å². The number of aromatic hydroxyl groups is 1. The Labute approximate surface area is 115 Å². The highest BCUT2D eigenvalue weighted by Gasteiger charge is 2.16. The molecular formula is C13H11NO5S. The molecule has 7 heteroatoms. The van der Waals surface area contributed by atoms with Gasteiger partial charge in [0, 0.05) is 6.07 Å². The summed E-state index contributed by atoms with van der Waals surface area (Å²) >= 11 is 0.